The lowest BCUT2D eigenvalue weighted by Gasteiger charge is -2.08. The monoisotopic (exact) mass is 196 g/mol. The highest BCUT2D eigenvalue weighted by Gasteiger charge is 2.02. The van der Waals surface area contributed by atoms with Crippen LogP contribution < -0.4 is 4.74 Å². The van der Waals surface area contributed by atoms with Crippen molar-refractivity contribution in [3.63, 3.8) is 0 Å². The van der Waals surface area contributed by atoms with Crippen molar-refractivity contribution in [3.05, 3.63) is 41.4 Å². The molecule has 0 aliphatic rings. The SMILES string of the molecule is C=C(Cl)Cc1ccccc1OCC. The van der Waals surface area contributed by atoms with Crippen LogP contribution in [0.1, 0.15) is 12.5 Å². The van der Waals surface area contributed by atoms with Gasteiger partial charge in [-0.2, -0.15) is 0 Å². The van der Waals surface area contributed by atoms with Gasteiger partial charge >= 0.3 is 0 Å². The fraction of sp³-hybridized carbons (Fsp3) is 0.273. The minimum absolute atomic E-state index is 0.632. The molecule has 1 rings (SSSR count). The Bertz CT molecular complexity index is 294. The molecule has 0 unspecified atom stereocenters. The molecule has 0 heterocycles. The van der Waals surface area contributed by atoms with Gasteiger partial charge in [-0.3, -0.25) is 0 Å². The second kappa shape index (κ2) is 4.93. The van der Waals surface area contributed by atoms with Crippen molar-refractivity contribution in [3.8, 4) is 5.75 Å². The molecule has 0 amide bonds. The lowest BCUT2D eigenvalue weighted by Crippen LogP contribution is -1.96. The highest BCUT2D eigenvalue weighted by atomic mass is 35.5. The molecule has 0 aromatic heterocycles. The molecule has 1 aromatic rings. The van der Waals surface area contributed by atoms with E-state index in [2.05, 4.69) is 6.58 Å². The van der Waals surface area contributed by atoms with Crippen LogP contribution in [0.5, 0.6) is 5.75 Å². The maximum Gasteiger partial charge on any atom is 0.122 e. The average Bonchev–Trinajstić information content (AvgIpc) is 2.08. The van der Waals surface area contributed by atoms with Crippen molar-refractivity contribution in [1.29, 1.82) is 0 Å². The van der Waals surface area contributed by atoms with Crippen molar-refractivity contribution in [2.24, 2.45) is 0 Å². The predicted octanol–water partition coefficient (Wildman–Crippen LogP) is 3.38. The minimum atomic E-state index is 0.632. The molecule has 0 spiro atoms. The van der Waals surface area contributed by atoms with Crippen LogP contribution in [0.3, 0.4) is 0 Å². The lowest BCUT2D eigenvalue weighted by atomic mass is 10.1. The third-order valence-electron chi connectivity index (χ3n) is 1.65. The van der Waals surface area contributed by atoms with Crippen molar-refractivity contribution in [2.75, 3.05) is 6.61 Å². The molecule has 0 N–H and O–H groups in total. The van der Waals surface area contributed by atoms with E-state index < -0.39 is 0 Å². The molecule has 1 aromatic carbocycles. The largest absolute Gasteiger partial charge is 0.494 e. The molecule has 2 heteroatoms. The Morgan fingerprint density at radius 3 is 2.77 bits per heavy atom. The number of para-hydroxylation sites is 1. The van der Waals surface area contributed by atoms with E-state index in [0.29, 0.717) is 18.1 Å². The fourth-order valence-corrected chi connectivity index (χ4v) is 1.30. The second-order valence-electron chi connectivity index (χ2n) is 2.73. The first kappa shape index (κ1) is 10.1. The van der Waals surface area contributed by atoms with E-state index in [9.17, 15) is 0 Å². The Morgan fingerprint density at radius 2 is 2.15 bits per heavy atom. The summed E-state index contributed by atoms with van der Waals surface area (Å²) >= 11 is 5.73. The van der Waals surface area contributed by atoms with E-state index >= 15 is 0 Å². The van der Waals surface area contributed by atoms with Gasteiger partial charge in [0.05, 0.1) is 6.61 Å². The third kappa shape index (κ3) is 3.11. The zero-order valence-electron chi connectivity index (χ0n) is 7.72. The second-order valence-corrected chi connectivity index (χ2v) is 3.27. The van der Waals surface area contributed by atoms with Crippen LogP contribution in [-0.4, -0.2) is 6.61 Å². The molecule has 70 valence electrons. The molecular weight excluding hydrogens is 184 g/mol. The number of rotatable bonds is 4. The van der Waals surface area contributed by atoms with E-state index in [1.807, 2.05) is 31.2 Å². The van der Waals surface area contributed by atoms with Gasteiger partial charge in [-0.1, -0.05) is 36.4 Å². The molecule has 0 saturated heterocycles. The van der Waals surface area contributed by atoms with Crippen LogP contribution in [0, 0.1) is 0 Å². The van der Waals surface area contributed by atoms with E-state index in [-0.39, 0.29) is 0 Å². The number of hydrogen-bond donors (Lipinski definition) is 0. The zero-order valence-corrected chi connectivity index (χ0v) is 8.47. The number of halogens is 1. The van der Waals surface area contributed by atoms with Crippen molar-refractivity contribution in [2.45, 2.75) is 13.3 Å². The smallest absolute Gasteiger partial charge is 0.122 e. The average molecular weight is 197 g/mol. The van der Waals surface area contributed by atoms with Gasteiger partial charge in [0, 0.05) is 11.5 Å². The van der Waals surface area contributed by atoms with E-state index in [1.165, 1.54) is 0 Å². The van der Waals surface area contributed by atoms with Crippen LogP contribution in [-0.2, 0) is 6.42 Å². The Labute approximate surface area is 84.0 Å². The molecule has 0 fully saturated rings. The summed E-state index contributed by atoms with van der Waals surface area (Å²) in [5, 5.41) is 0.632. The minimum Gasteiger partial charge on any atom is -0.494 e. The molecule has 13 heavy (non-hydrogen) atoms. The Hall–Kier alpha value is -0.950. The number of ether oxygens (including phenoxy) is 1. The lowest BCUT2D eigenvalue weighted by molar-refractivity contribution is 0.337. The van der Waals surface area contributed by atoms with Gasteiger partial charge in [0.2, 0.25) is 0 Å². The Morgan fingerprint density at radius 1 is 1.46 bits per heavy atom. The van der Waals surface area contributed by atoms with Gasteiger partial charge in [-0.05, 0) is 18.6 Å². The zero-order chi connectivity index (χ0) is 9.68. The first-order valence-electron chi connectivity index (χ1n) is 4.28. The first-order valence-corrected chi connectivity index (χ1v) is 4.65. The molecule has 0 radical (unpaired) electrons. The number of hydrogen-bond acceptors (Lipinski definition) is 1. The number of benzene rings is 1. The van der Waals surface area contributed by atoms with Crippen LogP contribution >= 0.6 is 11.6 Å². The quantitative estimate of drug-likeness (QED) is 0.718. The molecule has 0 bridgehead atoms. The van der Waals surface area contributed by atoms with Gasteiger partial charge in [0.25, 0.3) is 0 Å². The van der Waals surface area contributed by atoms with Crippen molar-refractivity contribution < 1.29 is 4.74 Å². The normalized spacial score (nSPS) is 9.69. The van der Waals surface area contributed by atoms with Gasteiger partial charge in [0.15, 0.2) is 0 Å². The standard InChI is InChI=1S/C11H13ClO/c1-3-13-11-7-5-4-6-10(11)8-9(2)12/h4-7H,2-3,8H2,1H3. The summed E-state index contributed by atoms with van der Waals surface area (Å²) in [5.74, 6) is 0.895. The summed E-state index contributed by atoms with van der Waals surface area (Å²) in [4.78, 5) is 0. The highest BCUT2D eigenvalue weighted by Crippen LogP contribution is 2.21. The maximum atomic E-state index is 5.73. The summed E-state index contributed by atoms with van der Waals surface area (Å²) < 4.78 is 5.44. The Balaban J connectivity index is 2.84. The molecule has 0 atom stereocenters. The summed E-state index contributed by atoms with van der Waals surface area (Å²) in [6.07, 6.45) is 0.664. The maximum absolute atomic E-state index is 5.73. The fourth-order valence-electron chi connectivity index (χ4n) is 1.15. The first-order chi connectivity index (χ1) is 6.24. The highest BCUT2D eigenvalue weighted by molar-refractivity contribution is 6.29. The molecule has 1 nitrogen and oxygen atoms in total. The van der Waals surface area contributed by atoms with Crippen LogP contribution in [0.25, 0.3) is 0 Å². The molecular formula is C11H13ClO. The molecule has 0 aliphatic carbocycles. The number of allylic oxidation sites excluding steroid dienone is 1. The third-order valence-corrected chi connectivity index (χ3v) is 1.79. The van der Waals surface area contributed by atoms with Gasteiger partial charge in [-0.25, -0.2) is 0 Å². The predicted molar refractivity (Wildman–Crippen MR) is 56.3 cm³/mol. The summed E-state index contributed by atoms with van der Waals surface area (Å²) in [5.41, 5.74) is 1.09. The van der Waals surface area contributed by atoms with Gasteiger partial charge < -0.3 is 4.74 Å². The van der Waals surface area contributed by atoms with E-state index in [4.69, 9.17) is 16.3 Å². The van der Waals surface area contributed by atoms with Crippen molar-refractivity contribution in [1.82, 2.24) is 0 Å². The molecule has 0 aliphatic heterocycles. The van der Waals surface area contributed by atoms with Crippen LogP contribution in [0.15, 0.2) is 35.9 Å². The van der Waals surface area contributed by atoms with Gasteiger partial charge in [-0.15, -0.1) is 0 Å². The van der Waals surface area contributed by atoms with Crippen LogP contribution in [0.2, 0.25) is 0 Å². The van der Waals surface area contributed by atoms with E-state index in [0.717, 1.165) is 11.3 Å². The topological polar surface area (TPSA) is 9.23 Å². The molecule has 0 saturated carbocycles. The Kier molecular flexibility index (Phi) is 3.84. The van der Waals surface area contributed by atoms with Crippen LogP contribution in [0.4, 0.5) is 0 Å². The van der Waals surface area contributed by atoms with Crippen molar-refractivity contribution >= 4 is 11.6 Å². The van der Waals surface area contributed by atoms with Gasteiger partial charge in [0.1, 0.15) is 5.75 Å². The van der Waals surface area contributed by atoms with E-state index in [1.54, 1.807) is 0 Å². The summed E-state index contributed by atoms with van der Waals surface area (Å²) in [6.45, 7) is 6.30. The summed E-state index contributed by atoms with van der Waals surface area (Å²) in [6, 6.07) is 7.86. The summed E-state index contributed by atoms with van der Waals surface area (Å²) in [7, 11) is 0.